The molecule has 0 saturated heterocycles. The van der Waals surface area contributed by atoms with Crippen LogP contribution in [0.3, 0.4) is 0 Å². The highest BCUT2D eigenvalue weighted by Crippen LogP contribution is 2.29. The predicted octanol–water partition coefficient (Wildman–Crippen LogP) is 1.58. The molecule has 0 radical (unpaired) electrons. The SMILES string of the molecule is COCCOc1cc([N+](=O)[O-])ccc1NC(C)=O. The number of carbonyl (C=O) groups is 1. The summed E-state index contributed by atoms with van der Waals surface area (Å²) >= 11 is 0. The third-order valence-electron chi connectivity index (χ3n) is 2.03. The Bertz CT molecular complexity index is 447. The number of hydrogen-bond donors (Lipinski definition) is 1. The molecule has 0 spiro atoms. The molecular weight excluding hydrogens is 240 g/mol. The zero-order valence-corrected chi connectivity index (χ0v) is 10.1. The number of nitro groups is 1. The summed E-state index contributed by atoms with van der Waals surface area (Å²) in [7, 11) is 1.52. The Morgan fingerprint density at radius 1 is 1.44 bits per heavy atom. The number of amides is 1. The van der Waals surface area contributed by atoms with Crippen LogP contribution in [-0.4, -0.2) is 31.2 Å². The molecule has 1 rings (SSSR count). The van der Waals surface area contributed by atoms with E-state index < -0.39 is 4.92 Å². The van der Waals surface area contributed by atoms with E-state index in [1.54, 1.807) is 0 Å². The third kappa shape index (κ3) is 4.02. The molecule has 0 aliphatic heterocycles. The Hall–Kier alpha value is -2.15. The van der Waals surface area contributed by atoms with E-state index in [-0.39, 0.29) is 24.0 Å². The number of rotatable bonds is 6. The molecule has 7 heteroatoms. The number of methoxy groups -OCH3 is 1. The van der Waals surface area contributed by atoms with E-state index in [4.69, 9.17) is 9.47 Å². The summed E-state index contributed by atoms with van der Waals surface area (Å²) in [6.07, 6.45) is 0. The third-order valence-corrected chi connectivity index (χ3v) is 2.03. The van der Waals surface area contributed by atoms with Crippen LogP contribution in [0.4, 0.5) is 11.4 Å². The number of nitro benzene ring substituents is 1. The molecule has 0 bridgehead atoms. The van der Waals surface area contributed by atoms with Crippen molar-refractivity contribution in [2.75, 3.05) is 25.6 Å². The fourth-order valence-corrected chi connectivity index (χ4v) is 1.27. The maximum absolute atomic E-state index is 11.0. The number of ether oxygens (including phenoxy) is 2. The van der Waals surface area contributed by atoms with Gasteiger partial charge in [0.15, 0.2) is 0 Å². The van der Waals surface area contributed by atoms with Crippen LogP contribution in [0.15, 0.2) is 18.2 Å². The van der Waals surface area contributed by atoms with Crippen molar-refractivity contribution in [3.8, 4) is 5.75 Å². The molecule has 0 atom stereocenters. The monoisotopic (exact) mass is 254 g/mol. The quantitative estimate of drug-likeness (QED) is 0.472. The van der Waals surface area contributed by atoms with Crippen LogP contribution >= 0.6 is 0 Å². The van der Waals surface area contributed by atoms with E-state index in [0.717, 1.165) is 0 Å². The molecule has 0 aliphatic rings. The van der Waals surface area contributed by atoms with Gasteiger partial charge in [-0.25, -0.2) is 0 Å². The summed E-state index contributed by atoms with van der Waals surface area (Å²) in [5, 5.41) is 13.2. The van der Waals surface area contributed by atoms with Crippen LogP contribution in [0.1, 0.15) is 6.92 Å². The zero-order chi connectivity index (χ0) is 13.5. The van der Waals surface area contributed by atoms with Gasteiger partial charge in [-0.2, -0.15) is 0 Å². The minimum absolute atomic E-state index is 0.100. The lowest BCUT2D eigenvalue weighted by Crippen LogP contribution is -2.10. The van der Waals surface area contributed by atoms with Gasteiger partial charge in [0.25, 0.3) is 5.69 Å². The van der Waals surface area contributed by atoms with Crippen molar-refractivity contribution < 1.29 is 19.2 Å². The Kier molecular flexibility index (Phi) is 5.06. The van der Waals surface area contributed by atoms with E-state index >= 15 is 0 Å². The first-order valence-electron chi connectivity index (χ1n) is 5.22. The van der Waals surface area contributed by atoms with E-state index in [1.807, 2.05) is 0 Å². The minimum Gasteiger partial charge on any atom is -0.489 e. The number of nitrogens with zero attached hydrogens (tertiary/aromatic N) is 1. The van der Waals surface area contributed by atoms with Crippen LogP contribution < -0.4 is 10.1 Å². The minimum atomic E-state index is -0.527. The van der Waals surface area contributed by atoms with Crippen LogP contribution in [0, 0.1) is 10.1 Å². The molecule has 1 N–H and O–H groups in total. The number of hydrogen-bond acceptors (Lipinski definition) is 5. The fraction of sp³-hybridized carbons (Fsp3) is 0.364. The Balaban J connectivity index is 2.93. The number of nitrogens with one attached hydrogen (secondary N) is 1. The molecule has 1 amide bonds. The topological polar surface area (TPSA) is 90.7 Å². The van der Waals surface area contributed by atoms with Crippen molar-refractivity contribution in [2.24, 2.45) is 0 Å². The predicted molar refractivity (Wildman–Crippen MR) is 64.8 cm³/mol. The second-order valence-electron chi connectivity index (χ2n) is 3.46. The van der Waals surface area contributed by atoms with E-state index in [0.29, 0.717) is 12.3 Å². The van der Waals surface area contributed by atoms with Gasteiger partial charge in [0, 0.05) is 20.1 Å². The second-order valence-corrected chi connectivity index (χ2v) is 3.46. The summed E-state index contributed by atoms with van der Waals surface area (Å²) < 4.78 is 10.1. The fourth-order valence-electron chi connectivity index (χ4n) is 1.27. The molecular formula is C11H14N2O5. The normalized spacial score (nSPS) is 9.89. The molecule has 0 saturated carbocycles. The molecule has 1 aromatic carbocycles. The van der Waals surface area contributed by atoms with Gasteiger partial charge in [0.2, 0.25) is 5.91 Å². The molecule has 1 aromatic rings. The van der Waals surface area contributed by atoms with Crippen molar-refractivity contribution in [1.82, 2.24) is 0 Å². The second kappa shape index (κ2) is 6.55. The van der Waals surface area contributed by atoms with Gasteiger partial charge < -0.3 is 14.8 Å². The van der Waals surface area contributed by atoms with Crippen molar-refractivity contribution in [3.05, 3.63) is 28.3 Å². The number of benzene rings is 1. The van der Waals surface area contributed by atoms with Gasteiger partial charge in [-0.05, 0) is 6.07 Å². The standard InChI is InChI=1S/C11H14N2O5/c1-8(14)12-10-4-3-9(13(15)16)7-11(10)18-6-5-17-2/h3-4,7H,5-6H2,1-2H3,(H,12,14). The molecule has 0 unspecified atom stereocenters. The highest BCUT2D eigenvalue weighted by Gasteiger charge is 2.12. The Labute approximate surface area is 104 Å². The molecule has 98 valence electrons. The lowest BCUT2D eigenvalue weighted by Gasteiger charge is -2.11. The number of carbonyl (C=O) groups excluding carboxylic acids is 1. The number of anilines is 1. The van der Waals surface area contributed by atoms with E-state index in [2.05, 4.69) is 5.32 Å². The van der Waals surface area contributed by atoms with Gasteiger partial charge in [0.1, 0.15) is 12.4 Å². The largest absolute Gasteiger partial charge is 0.489 e. The van der Waals surface area contributed by atoms with Crippen LogP contribution in [0.25, 0.3) is 0 Å². The average molecular weight is 254 g/mol. The highest BCUT2D eigenvalue weighted by molar-refractivity contribution is 5.90. The maximum atomic E-state index is 11.0. The van der Waals surface area contributed by atoms with Gasteiger partial charge >= 0.3 is 0 Å². The van der Waals surface area contributed by atoms with Gasteiger partial charge in [0.05, 0.1) is 23.3 Å². The van der Waals surface area contributed by atoms with Crippen molar-refractivity contribution in [1.29, 1.82) is 0 Å². The molecule has 0 fully saturated rings. The van der Waals surface area contributed by atoms with Gasteiger partial charge in [-0.1, -0.05) is 0 Å². The first-order chi connectivity index (χ1) is 8.54. The highest BCUT2D eigenvalue weighted by atomic mass is 16.6. The molecule has 18 heavy (non-hydrogen) atoms. The summed E-state index contributed by atoms with van der Waals surface area (Å²) in [4.78, 5) is 21.1. The average Bonchev–Trinajstić information content (AvgIpc) is 2.30. The van der Waals surface area contributed by atoms with E-state index in [1.165, 1.54) is 32.2 Å². The first kappa shape index (κ1) is 13.9. The zero-order valence-electron chi connectivity index (χ0n) is 10.1. The Morgan fingerprint density at radius 2 is 2.17 bits per heavy atom. The lowest BCUT2D eigenvalue weighted by atomic mass is 10.2. The molecule has 7 nitrogen and oxygen atoms in total. The van der Waals surface area contributed by atoms with Crippen LogP contribution in [-0.2, 0) is 9.53 Å². The first-order valence-corrected chi connectivity index (χ1v) is 5.22. The maximum Gasteiger partial charge on any atom is 0.273 e. The van der Waals surface area contributed by atoms with Crippen molar-refractivity contribution in [3.63, 3.8) is 0 Å². The smallest absolute Gasteiger partial charge is 0.273 e. The van der Waals surface area contributed by atoms with Crippen LogP contribution in [0.5, 0.6) is 5.75 Å². The summed E-state index contributed by atoms with van der Waals surface area (Å²) in [6, 6.07) is 4.00. The van der Waals surface area contributed by atoms with Gasteiger partial charge in [-0.3, -0.25) is 14.9 Å². The summed E-state index contributed by atoms with van der Waals surface area (Å²) in [5.41, 5.74) is 0.292. The number of non-ortho nitro benzene ring substituents is 1. The van der Waals surface area contributed by atoms with Crippen molar-refractivity contribution in [2.45, 2.75) is 6.92 Å². The summed E-state index contributed by atoms with van der Waals surface area (Å²) in [6.45, 7) is 1.94. The van der Waals surface area contributed by atoms with Crippen molar-refractivity contribution >= 4 is 17.3 Å². The lowest BCUT2D eigenvalue weighted by molar-refractivity contribution is -0.384. The summed E-state index contributed by atoms with van der Waals surface area (Å²) in [5.74, 6) is -0.0307. The van der Waals surface area contributed by atoms with E-state index in [9.17, 15) is 14.9 Å². The van der Waals surface area contributed by atoms with Gasteiger partial charge in [-0.15, -0.1) is 0 Å². The molecule has 0 heterocycles. The Morgan fingerprint density at radius 3 is 2.72 bits per heavy atom. The molecule has 0 aromatic heterocycles. The molecule has 0 aliphatic carbocycles. The van der Waals surface area contributed by atoms with Crippen LogP contribution in [0.2, 0.25) is 0 Å².